The summed E-state index contributed by atoms with van der Waals surface area (Å²) in [4.78, 5) is 25.0. The molecule has 182 valence electrons. The van der Waals surface area contributed by atoms with Crippen molar-refractivity contribution >= 4 is 50.9 Å². The number of carboxylic acids is 1. The van der Waals surface area contributed by atoms with Crippen molar-refractivity contribution in [1.82, 2.24) is 30.1 Å². The van der Waals surface area contributed by atoms with E-state index in [1.165, 1.54) is 43.0 Å². The Labute approximate surface area is 237 Å². The van der Waals surface area contributed by atoms with E-state index in [4.69, 9.17) is 0 Å². The number of aromatic nitrogens is 5. The van der Waals surface area contributed by atoms with Crippen LogP contribution in [0.4, 0.5) is 0 Å². The van der Waals surface area contributed by atoms with Crippen LogP contribution in [0.2, 0.25) is 0 Å². The third-order valence-electron chi connectivity index (χ3n) is 6.02. The Hall–Kier alpha value is -2.10. The van der Waals surface area contributed by atoms with Gasteiger partial charge in [0.15, 0.2) is 19.6 Å². The van der Waals surface area contributed by atoms with Gasteiger partial charge in [-0.3, -0.25) is 9.48 Å². The first-order valence-electron chi connectivity index (χ1n) is 10.5. The fourth-order valence-corrected chi connectivity index (χ4v) is 8.14. The van der Waals surface area contributed by atoms with E-state index in [9.17, 15) is 23.1 Å². The molecule has 0 saturated carbocycles. The molecule has 1 amide bonds. The Morgan fingerprint density at radius 1 is 1.22 bits per heavy atom. The number of β-lactam (4-membered cyclic amide) rings is 1. The molecule has 2 atom stereocenters. The number of nitrogens with zero attached hydrogens (tertiary/aromatic N) is 6. The van der Waals surface area contributed by atoms with E-state index in [0.717, 1.165) is 19.8 Å². The van der Waals surface area contributed by atoms with Gasteiger partial charge in [0, 0.05) is 11.3 Å². The first kappa shape index (κ1) is 26.9. The monoisotopic (exact) mass is 554 g/mol. The molecule has 1 aromatic carbocycles. The number of hydrogen-bond donors (Lipinski definition) is 0. The number of sulfone groups is 1. The van der Waals surface area contributed by atoms with Gasteiger partial charge >= 0.3 is 29.6 Å². The molecule has 0 aliphatic carbocycles. The number of carbonyl (C=O) groups excluding carboxylic acids is 2. The van der Waals surface area contributed by atoms with Crippen molar-refractivity contribution in [2.75, 3.05) is 5.75 Å². The number of aryl methyl sites for hydroxylation is 1. The first-order chi connectivity index (χ1) is 16.6. The predicted octanol–water partition coefficient (Wildman–Crippen LogP) is -2.53. The average Bonchev–Trinajstić information content (AvgIpc) is 3.50. The van der Waals surface area contributed by atoms with Crippen LogP contribution < -0.4 is 34.7 Å². The van der Waals surface area contributed by atoms with Gasteiger partial charge in [0.25, 0.3) is 5.91 Å². The van der Waals surface area contributed by atoms with E-state index in [1.807, 2.05) is 30.3 Å². The fourth-order valence-electron chi connectivity index (χ4n) is 4.16. The number of carboxylic acid groups (broad SMARTS) is 1. The largest absolute Gasteiger partial charge is 1.00 e. The molecule has 0 spiro atoms. The normalized spacial score (nSPS) is 22.7. The topological polar surface area (TPSA) is 151 Å². The van der Waals surface area contributed by atoms with E-state index in [-0.39, 0.29) is 35.1 Å². The van der Waals surface area contributed by atoms with Crippen molar-refractivity contribution in [3.8, 4) is 10.6 Å². The van der Waals surface area contributed by atoms with Crippen molar-refractivity contribution in [2.45, 2.75) is 40.9 Å². The molecule has 2 aromatic heterocycles. The Morgan fingerprint density at radius 3 is 2.64 bits per heavy atom. The Morgan fingerprint density at radius 2 is 1.94 bits per heavy atom. The fraction of sp³-hybridized carbons (Fsp3) is 0.333. The molecule has 4 heterocycles. The summed E-state index contributed by atoms with van der Waals surface area (Å²) >= 11 is 3.02. The zero-order valence-corrected chi connectivity index (χ0v) is 24.0. The Kier molecular flexibility index (Phi) is 7.48. The van der Waals surface area contributed by atoms with Gasteiger partial charge in [-0.05, 0) is 19.9 Å². The average molecular weight is 555 g/mol. The zero-order valence-electron chi connectivity index (χ0n) is 19.6. The molecule has 0 unspecified atom stereocenters. The van der Waals surface area contributed by atoms with Crippen LogP contribution in [0.3, 0.4) is 0 Å². The van der Waals surface area contributed by atoms with E-state index in [2.05, 4.69) is 20.5 Å². The van der Waals surface area contributed by atoms with Crippen molar-refractivity contribution in [2.24, 2.45) is 0 Å². The second-order valence-electron chi connectivity index (χ2n) is 8.53. The van der Waals surface area contributed by atoms with E-state index >= 15 is 0 Å². The molecular weight excluding hydrogens is 535 g/mol. The van der Waals surface area contributed by atoms with Crippen LogP contribution in [0, 0.1) is 0 Å². The number of hydrogen-bond acceptors (Lipinski definition) is 11. The molecule has 2 fully saturated rings. The number of thioether (sulfide) groups is 1. The van der Waals surface area contributed by atoms with Gasteiger partial charge in [-0.1, -0.05) is 58.6 Å². The molecule has 36 heavy (non-hydrogen) atoms. The first-order valence-corrected chi connectivity index (χ1v) is 13.9. The number of rotatable bonds is 7. The van der Waals surface area contributed by atoms with Gasteiger partial charge in [0.05, 0.1) is 35.1 Å². The number of benzene rings is 1. The Bertz CT molecular complexity index is 1450. The van der Waals surface area contributed by atoms with Crippen molar-refractivity contribution < 1.29 is 52.7 Å². The second kappa shape index (κ2) is 9.99. The standard InChI is InChI=1S/C21H20N6O5S3.Na/c1-21(2)15(19(29)30)27-17(28)14(18(27)35(21,31)32)10-13-11-26(25-22-13)8-9-33-20-24-23-16(34-20)12-6-4-3-5-7-12;/h3-7,10-11,15,18H,8-9H2,1-2H3,(H,29,30);/q;+1/p-1/b14-10+;/t15-,18+;/m0./s1. The van der Waals surface area contributed by atoms with Crippen LogP contribution in [0.5, 0.6) is 0 Å². The quantitative estimate of drug-likeness (QED) is 0.132. The molecule has 11 nitrogen and oxygen atoms in total. The van der Waals surface area contributed by atoms with Gasteiger partial charge in [-0.25, -0.2) is 8.42 Å². The summed E-state index contributed by atoms with van der Waals surface area (Å²) in [6.45, 7) is 3.09. The molecule has 2 aliphatic heterocycles. The van der Waals surface area contributed by atoms with Gasteiger partial charge in [-0.2, -0.15) is 0 Å². The third kappa shape index (κ3) is 4.43. The van der Waals surface area contributed by atoms with Crippen LogP contribution in [0.25, 0.3) is 16.6 Å². The molecule has 15 heteroatoms. The van der Waals surface area contributed by atoms with E-state index in [0.29, 0.717) is 18.0 Å². The molecular formula is C21H19N6NaO5S3. The summed E-state index contributed by atoms with van der Waals surface area (Å²) in [6.07, 6.45) is 2.95. The summed E-state index contributed by atoms with van der Waals surface area (Å²) in [5.41, 5.74) is 1.30. The maximum atomic E-state index is 12.9. The molecule has 3 aromatic rings. The molecule has 2 saturated heterocycles. The summed E-state index contributed by atoms with van der Waals surface area (Å²) in [5, 5.41) is 27.5. The summed E-state index contributed by atoms with van der Waals surface area (Å²) < 4.78 is 26.6. The van der Waals surface area contributed by atoms with Crippen molar-refractivity contribution in [3.63, 3.8) is 0 Å². The minimum Gasteiger partial charge on any atom is -0.548 e. The smallest absolute Gasteiger partial charge is 0.548 e. The molecule has 5 rings (SSSR count). The summed E-state index contributed by atoms with van der Waals surface area (Å²) in [7, 11) is -3.97. The van der Waals surface area contributed by atoms with Crippen LogP contribution in [-0.4, -0.2) is 72.3 Å². The SMILES string of the molecule is CC1(C)[C@H](C(=O)[O-])N2C(=O)/C(=C\c3cn(CCSc4nnc(-c5ccccc5)s4)nn3)[C@H]2S1(=O)=O.[Na+]. The zero-order chi connectivity index (χ0) is 25.0. The molecule has 2 aliphatic rings. The number of aliphatic carboxylic acids is 1. The van der Waals surface area contributed by atoms with Crippen molar-refractivity contribution in [3.05, 3.63) is 47.8 Å². The van der Waals surface area contributed by atoms with Crippen molar-refractivity contribution in [1.29, 1.82) is 0 Å². The maximum Gasteiger partial charge on any atom is 1.00 e. The molecule has 0 radical (unpaired) electrons. The van der Waals surface area contributed by atoms with Gasteiger partial charge in [0.2, 0.25) is 0 Å². The molecule has 0 N–H and O–H groups in total. The summed E-state index contributed by atoms with van der Waals surface area (Å²) in [6, 6.07) is 8.24. The van der Waals surface area contributed by atoms with E-state index < -0.39 is 37.9 Å². The van der Waals surface area contributed by atoms with Crippen LogP contribution in [0.1, 0.15) is 19.5 Å². The maximum absolute atomic E-state index is 12.9. The summed E-state index contributed by atoms with van der Waals surface area (Å²) in [5.74, 6) is -1.61. The van der Waals surface area contributed by atoms with Crippen LogP contribution in [-0.2, 0) is 26.0 Å². The number of amides is 1. The minimum absolute atomic E-state index is 0. The van der Waals surface area contributed by atoms with Gasteiger partial charge in [0.1, 0.15) is 10.7 Å². The second-order valence-corrected chi connectivity index (χ2v) is 13.4. The minimum atomic E-state index is -3.97. The molecule has 0 bridgehead atoms. The number of carbonyl (C=O) groups is 2. The van der Waals surface area contributed by atoms with E-state index in [1.54, 1.807) is 10.9 Å². The predicted molar refractivity (Wildman–Crippen MR) is 126 cm³/mol. The Balaban J connectivity index is 0.00000304. The van der Waals surface area contributed by atoms with Crippen LogP contribution >= 0.6 is 23.1 Å². The van der Waals surface area contributed by atoms with Crippen LogP contribution in [0.15, 0.2) is 46.4 Å². The number of fused-ring (bicyclic) bond motifs is 1. The van der Waals surface area contributed by atoms with Gasteiger partial charge < -0.3 is 14.8 Å². The third-order valence-corrected chi connectivity index (χ3v) is 10.9. The van der Waals surface area contributed by atoms with Gasteiger partial charge in [-0.15, -0.1) is 15.3 Å².